The van der Waals surface area contributed by atoms with Crippen LogP contribution in [0.4, 0.5) is 17.1 Å². The molecular weight excluding hydrogens is 520 g/mol. The fourth-order valence-corrected chi connectivity index (χ4v) is 5.00. The van der Waals surface area contributed by atoms with Crippen LogP contribution >= 0.6 is 0 Å². The minimum absolute atomic E-state index is 0.0107. The first kappa shape index (κ1) is 28.2. The van der Waals surface area contributed by atoms with Crippen molar-refractivity contribution in [2.75, 3.05) is 54.4 Å². The average molecular weight is 559 g/mol. The molecule has 41 heavy (non-hydrogen) atoms. The summed E-state index contributed by atoms with van der Waals surface area (Å²) in [5.41, 5.74) is 4.56. The average Bonchev–Trinajstić information content (AvgIpc) is 3.72. The predicted octanol–water partition coefficient (Wildman–Crippen LogP) is 4.09. The van der Waals surface area contributed by atoms with Gasteiger partial charge < -0.3 is 30.2 Å². The molecule has 0 bridgehead atoms. The monoisotopic (exact) mass is 558 g/mol. The molecular formula is C31H38N6O4. The molecule has 2 fully saturated rings. The summed E-state index contributed by atoms with van der Waals surface area (Å²) in [7, 11) is 0. The Kier molecular flexibility index (Phi) is 8.86. The van der Waals surface area contributed by atoms with E-state index in [-0.39, 0.29) is 23.4 Å². The first-order chi connectivity index (χ1) is 19.9. The topological polar surface area (TPSA) is 120 Å². The summed E-state index contributed by atoms with van der Waals surface area (Å²) in [4.78, 5) is 46.6. The van der Waals surface area contributed by atoms with E-state index >= 15 is 0 Å². The Bertz CT molecular complexity index is 1390. The second-order valence-corrected chi connectivity index (χ2v) is 10.6. The van der Waals surface area contributed by atoms with Crippen molar-refractivity contribution < 1.29 is 18.8 Å². The number of carbonyl (C=O) groups is 3. The molecule has 2 aliphatic rings. The molecule has 1 saturated carbocycles. The molecule has 2 heterocycles. The Balaban J connectivity index is 1.29. The lowest BCUT2D eigenvalue weighted by atomic mass is 10.1. The number of rotatable bonds is 11. The van der Waals surface area contributed by atoms with Crippen molar-refractivity contribution in [1.29, 1.82) is 0 Å². The van der Waals surface area contributed by atoms with Crippen molar-refractivity contribution in [2.24, 2.45) is 0 Å². The van der Waals surface area contributed by atoms with Crippen LogP contribution in [0.25, 0.3) is 0 Å². The van der Waals surface area contributed by atoms with Gasteiger partial charge in [0.1, 0.15) is 6.26 Å². The summed E-state index contributed by atoms with van der Waals surface area (Å²) < 4.78 is 5.53. The molecule has 5 rings (SSSR count). The molecule has 10 heteroatoms. The maximum absolute atomic E-state index is 13.2. The number of para-hydroxylation sites is 1. The van der Waals surface area contributed by atoms with Crippen LogP contribution in [-0.4, -0.2) is 62.0 Å². The van der Waals surface area contributed by atoms with Gasteiger partial charge in [0.25, 0.3) is 11.8 Å². The number of aryl methyl sites for hydroxylation is 1. The number of piperazine rings is 1. The molecule has 0 unspecified atom stereocenters. The van der Waals surface area contributed by atoms with E-state index in [4.69, 9.17) is 4.42 Å². The smallest absolute Gasteiger partial charge is 0.277 e. The van der Waals surface area contributed by atoms with E-state index in [1.807, 2.05) is 6.07 Å². The van der Waals surface area contributed by atoms with Crippen molar-refractivity contribution in [2.45, 2.75) is 45.4 Å². The number of hydrogen-bond donors (Lipinski definition) is 3. The third-order valence-corrected chi connectivity index (χ3v) is 7.55. The number of aromatic nitrogens is 1. The van der Waals surface area contributed by atoms with Crippen LogP contribution in [0, 0.1) is 6.92 Å². The molecule has 2 aromatic carbocycles. The largest absolute Gasteiger partial charge is 0.448 e. The molecule has 216 valence electrons. The van der Waals surface area contributed by atoms with E-state index in [0.717, 1.165) is 44.7 Å². The Hall–Kier alpha value is -4.34. The van der Waals surface area contributed by atoms with Crippen LogP contribution in [0.5, 0.6) is 0 Å². The molecule has 0 atom stereocenters. The van der Waals surface area contributed by atoms with E-state index in [9.17, 15) is 14.4 Å². The van der Waals surface area contributed by atoms with Gasteiger partial charge in [0.05, 0.1) is 11.4 Å². The Morgan fingerprint density at radius 3 is 2.34 bits per heavy atom. The molecule has 0 radical (unpaired) electrons. The number of nitrogens with zero attached hydrogens (tertiary/aromatic N) is 3. The second-order valence-electron chi connectivity index (χ2n) is 10.6. The number of nitrogens with one attached hydrogen (secondary N) is 3. The van der Waals surface area contributed by atoms with Crippen molar-refractivity contribution in [3.63, 3.8) is 0 Å². The van der Waals surface area contributed by atoms with Gasteiger partial charge in [-0.2, -0.15) is 0 Å². The van der Waals surface area contributed by atoms with Crippen molar-refractivity contribution in [3.05, 3.63) is 71.4 Å². The minimum Gasteiger partial charge on any atom is -0.448 e. The third kappa shape index (κ3) is 7.06. The Morgan fingerprint density at radius 1 is 0.927 bits per heavy atom. The van der Waals surface area contributed by atoms with Gasteiger partial charge in [-0.25, -0.2) is 4.98 Å². The van der Waals surface area contributed by atoms with Gasteiger partial charge in [0.2, 0.25) is 5.91 Å². The van der Waals surface area contributed by atoms with Crippen LogP contribution < -0.4 is 25.8 Å². The summed E-state index contributed by atoms with van der Waals surface area (Å²) in [6.45, 7) is 8.06. The van der Waals surface area contributed by atoms with E-state index in [1.54, 1.807) is 19.1 Å². The molecule has 1 saturated heterocycles. The predicted molar refractivity (Wildman–Crippen MR) is 159 cm³/mol. The van der Waals surface area contributed by atoms with Gasteiger partial charge >= 0.3 is 0 Å². The molecule has 0 spiro atoms. The number of oxazole rings is 1. The van der Waals surface area contributed by atoms with Crippen LogP contribution in [0.2, 0.25) is 0 Å². The zero-order chi connectivity index (χ0) is 28.8. The highest BCUT2D eigenvalue weighted by Gasteiger charge is 2.30. The van der Waals surface area contributed by atoms with Gasteiger partial charge in [0.15, 0.2) is 11.6 Å². The van der Waals surface area contributed by atoms with E-state index in [1.165, 1.54) is 17.5 Å². The van der Waals surface area contributed by atoms with Crippen molar-refractivity contribution >= 4 is 34.8 Å². The molecule has 3 amide bonds. The van der Waals surface area contributed by atoms with Crippen molar-refractivity contribution in [1.82, 2.24) is 15.6 Å². The maximum Gasteiger partial charge on any atom is 0.277 e. The zero-order valence-electron chi connectivity index (χ0n) is 23.7. The van der Waals surface area contributed by atoms with E-state index < -0.39 is 0 Å². The SMILES string of the molecule is CCC(=O)NCCCNC(=O)c1ccc(N2CCN(c3ccccc3C)CC2)c(NC(=O)c2coc(C3CC3)n2)c1. The molecule has 1 aliphatic carbocycles. The molecule has 10 nitrogen and oxygen atoms in total. The Labute approximate surface area is 240 Å². The lowest BCUT2D eigenvalue weighted by Crippen LogP contribution is -2.47. The third-order valence-electron chi connectivity index (χ3n) is 7.55. The quantitative estimate of drug-likeness (QED) is 0.303. The highest BCUT2D eigenvalue weighted by molar-refractivity contribution is 6.06. The molecule has 1 aliphatic heterocycles. The van der Waals surface area contributed by atoms with Crippen LogP contribution in [0.15, 0.2) is 53.1 Å². The van der Waals surface area contributed by atoms with Gasteiger partial charge in [-0.15, -0.1) is 0 Å². The minimum atomic E-state index is -0.371. The molecule has 3 aromatic rings. The van der Waals surface area contributed by atoms with Crippen LogP contribution in [-0.2, 0) is 4.79 Å². The lowest BCUT2D eigenvalue weighted by molar-refractivity contribution is -0.120. The number of amides is 3. The summed E-state index contributed by atoms with van der Waals surface area (Å²) in [5.74, 6) is 0.286. The van der Waals surface area contributed by atoms with Gasteiger partial charge in [-0.3, -0.25) is 14.4 Å². The summed E-state index contributed by atoms with van der Waals surface area (Å²) in [5, 5.41) is 8.70. The lowest BCUT2D eigenvalue weighted by Gasteiger charge is -2.38. The second kappa shape index (κ2) is 12.9. The van der Waals surface area contributed by atoms with Gasteiger partial charge in [-0.05, 0) is 56.0 Å². The fraction of sp³-hybridized carbons (Fsp3) is 0.419. The highest BCUT2D eigenvalue weighted by atomic mass is 16.3. The first-order valence-electron chi connectivity index (χ1n) is 14.4. The molecule has 3 N–H and O–H groups in total. The van der Waals surface area contributed by atoms with E-state index in [0.29, 0.717) is 49.0 Å². The summed E-state index contributed by atoms with van der Waals surface area (Å²) in [6, 6.07) is 13.8. The number of benzene rings is 2. The fourth-order valence-electron chi connectivity index (χ4n) is 5.00. The first-order valence-corrected chi connectivity index (χ1v) is 14.4. The van der Waals surface area contributed by atoms with Crippen molar-refractivity contribution in [3.8, 4) is 0 Å². The van der Waals surface area contributed by atoms with E-state index in [2.05, 4.69) is 61.9 Å². The van der Waals surface area contributed by atoms with Gasteiger partial charge in [0, 0.05) is 62.9 Å². The van der Waals surface area contributed by atoms with Crippen LogP contribution in [0.1, 0.15) is 70.8 Å². The number of anilines is 3. The summed E-state index contributed by atoms with van der Waals surface area (Å²) >= 11 is 0. The van der Waals surface area contributed by atoms with Gasteiger partial charge in [-0.1, -0.05) is 25.1 Å². The summed E-state index contributed by atoms with van der Waals surface area (Å²) in [6.07, 6.45) is 4.52. The molecule has 1 aromatic heterocycles. The zero-order valence-corrected chi connectivity index (χ0v) is 23.7. The maximum atomic E-state index is 13.2. The number of carbonyl (C=O) groups excluding carboxylic acids is 3. The Morgan fingerprint density at radius 2 is 1.63 bits per heavy atom. The van der Waals surface area contributed by atoms with Crippen LogP contribution in [0.3, 0.4) is 0 Å². The standard InChI is InChI=1S/C31H38N6O4/c1-3-28(38)32-13-6-14-33-29(39)23-11-12-27(37-17-15-36(16-18-37)26-8-5-4-7-21(26)2)24(19-23)34-30(40)25-20-41-31(35-25)22-9-10-22/h4-5,7-8,11-12,19-20,22H,3,6,9-10,13-18H2,1-2H3,(H,32,38)(H,33,39)(H,34,40). The normalized spacial score (nSPS) is 15.0. The highest BCUT2D eigenvalue weighted by Crippen LogP contribution is 2.39. The number of hydrogen-bond acceptors (Lipinski definition) is 7.